The molecule has 1 aliphatic rings. The summed E-state index contributed by atoms with van der Waals surface area (Å²) < 4.78 is 53.1. The summed E-state index contributed by atoms with van der Waals surface area (Å²) in [6.45, 7) is 4.60. The number of esters is 1. The lowest BCUT2D eigenvalue weighted by Gasteiger charge is -2.28. The van der Waals surface area contributed by atoms with E-state index in [-0.39, 0.29) is 58.8 Å². The van der Waals surface area contributed by atoms with Crippen LogP contribution in [-0.2, 0) is 22.3 Å². The molecule has 222 valence electrons. The van der Waals surface area contributed by atoms with Crippen molar-refractivity contribution in [2.24, 2.45) is 0 Å². The number of carbonyl (C=O) groups is 1. The molecule has 1 atom stereocenters. The van der Waals surface area contributed by atoms with Crippen molar-refractivity contribution >= 4 is 11.7 Å². The van der Waals surface area contributed by atoms with Crippen molar-refractivity contribution in [3.63, 3.8) is 0 Å². The number of aromatic nitrogens is 5. The molecule has 3 heterocycles. The lowest BCUT2D eigenvalue weighted by Crippen LogP contribution is -2.34. The fraction of sp³-hybridized carbons (Fsp3) is 0.250. The number of alkyl halides is 3. The molecule has 1 aliphatic heterocycles. The standard InChI is InChI=1S/C28H23F3N6O6/c1-4-42-27(39)22-15(2)43-25-24(23(22)17-8-10-20(11-9-17)37(40)41)26(38)35(16(3)32-25)13-19-14-36(34-33-19)21-7-5-6-18(12-21)28(29,30)31/h5-12,14,23H,4,13H2,1-3H3. The Hall–Kier alpha value is -5.34. The fourth-order valence-corrected chi connectivity index (χ4v) is 4.79. The molecule has 0 saturated heterocycles. The highest BCUT2D eigenvalue weighted by Gasteiger charge is 2.39. The Bertz CT molecular complexity index is 1830. The molecular weight excluding hydrogens is 573 g/mol. The Kier molecular flexibility index (Phi) is 7.56. The lowest BCUT2D eigenvalue weighted by atomic mass is 9.83. The molecule has 4 aromatic rings. The highest BCUT2D eigenvalue weighted by Crippen LogP contribution is 2.41. The maximum absolute atomic E-state index is 14.0. The van der Waals surface area contributed by atoms with Crippen LogP contribution in [0.2, 0.25) is 0 Å². The number of hydrogen-bond acceptors (Lipinski definition) is 9. The fourth-order valence-electron chi connectivity index (χ4n) is 4.79. The minimum Gasteiger partial charge on any atom is -0.463 e. The summed E-state index contributed by atoms with van der Waals surface area (Å²) in [5, 5.41) is 19.2. The summed E-state index contributed by atoms with van der Waals surface area (Å²) in [5.74, 6) is -1.42. The van der Waals surface area contributed by atoms with Crippen LogP contribution >= 0.6 is 0 Å². The SMILES string of the molecule is CCOC(=O)C1=C(C)Oc2nc(C)n(Cc3cn(-c4cccc(C(F)(F)F)c4)nn3)c(=O)c2C1c1ccc([N+](=O)[O-])cc1. The van der Waals surface area contributed by atoms with Crippen LogP contribution in [0.15, 0.2) is 70.9 Å². The molecule has 12 nitrogen and oxygen atoms in total. The number of nitro groups is 1. The first-order chi connectivity index (χ1) is 20.4. The second kappa shape index (κ2) is 11.2. The second-order valence-corrected chi connectivity index (χ2v) is 9.55. The zero-order valence-corrected chi connectivity index (χ0v) is 23.0. The Labute approximate surface area is 241 Å². The van der Waals surface area contributed by atoms with E-state index in [4.69, 9.17) is 9.47 Å². The van der Waals surface area contributed by atoms with Gasteiger partial charge in [-0.05, 0) is 44.5 Å². The minimum atomic E-state index is -4.55. The van der Waals surface area contributed by atoms with E-state index >= 15 is 0 Å². The number of ether oxygens (including phenoxy) is 2. The van der Waals surface area contributed by atoms with Crippen molar-refractivity contribution in [3.05, 3.63) is 115 Å². The highest BCUT2D eigenvalue weighted by molar-refractivity contribution is 5.92. The molecule has 0 saturated carbocycles. The van der Waals surface area contributed by atoms with E-state index in [1.54, 1.807) is 13.8 Å². The van der Waals surface area contributed by atoms with Crippen molar-refractivity contribution in [1.82, 2.24) is 24.5 Å². The largest absolute Gasteiger partial charge is 0.463 e. The van der Waals surface area contributed by atoms with Crippen LogP contribution in [-0.4, -0.2) is 42.0 Å². The Morgan fingerprint density at radius 2 is 1.88 bits per heavy atom. The molecular formula is C28H23F3N6O6. The molecule has 2 aromatic heterocycles. The Morgan fingerprint density at radius 3 is 2.53 bits per heavy atom. The van der Waals surface area contributed by atoms with Gasteiger partial charge in [-0.3, -0.25) is 19.5 Å². The molecule has 0 N–H and O–H groups in total. The third-order valence-electron chi connectivity index (χ3n) is 6.80. The third-order valence-corrected chi connectivity index (χ3v) is 6.80. The number of benzene rings is 2. The van der Waals surface area contributed by atoms with Gasteiger partial charge >= 0.3 is 12.1 Å². The van der Waals surface area contributed by atoms with E-state index in [2.05, 4.69) is 15.3 Å². The van der Waals surface area contributed by atoms with Gasteiger partial charge in [0.25, 0.3) is 11.2 Å². The van der Waals surface area contributed by atoms with E-state index in [9.17, 15) is 32.9 Å². The van der Waals surface area contributed by atoms with Crippen LogP contribution < -0.4 is 10.3 Å². The van der Waals surface area contributed by atoms with E-state index in [1.807, 2.05) is 0 Å². The number of allylic oxidation sites excluding steroid dienone is 1. The minimum absolute atomic E-state index is 0.00150. The smallest absolute Gasteiger partial charge is 0.416 e. The van der Waals surface area contributed by atoms with Gasteiger partial charge in [-0.25, -0.2) is 9.48 Å². The number of non-ortho nitro benzene ring substituents is 1. The molecule has 0 amide bonds. The van der Waals surface area contributed by atoms with Gasteiger partial charge in [-0.15, -0.1) is 5.10 Å². The first-order valence-corrected chi connectivity index (χ1v) is 12.9. The van der Waals surface area contributed by atoms with Crippen LogP contribution in [0.1, 0.15) is 48.0 Å². The number of fused-ring (bicyclic) bond motifs is 1. The normalized spacial score (nSPS) is 14.7. The van der Waals surface area contributed by atoms with Crippen LogP contribution in [0.25, 0.3) is 5.69 Å². The van der Waals surface area contributed by atoms with Crippen molar-refractivity contribution < 1.29 is 32.4 Å². The predicted octanol–water partition coefficient (Wildman–Crippen LogP) is 4.47. The van der Waals surface area contributed by atoms with Crippen LogP contribution in [0.5, 0.6) is 5.88 Å². The average Bonchev–Trinajstić information content (AvgIpc) is 3.43. The number of hydrogen-bond donors (Lipinski definition) is 0. The van der Waals surface area contributed by atoms with E-state index in [0.29, 0.717) is 5.56 Å². The van der Waals surface area contributed by atoms with Gasteiger partial charge in [-0.1, -0.05) is 23.4 Å². The summed E-state index contributed by atoms with van der Waals surface area (Å²) in [4.78, 5) is 42.2. The zero-order valence-electron chi connectivity index (χ0n) is 23.0. The second-order valence-electron chi connectivity index (χ2n) is 9.55. The van der Waals surface area contributed by atoms with E-state index in [0.717, 1.165) is 16.8 Å². The maximum atomic E-state index is 14.0. The van der Waals surface area contributed by atoms with Gasteiger partial charge in [0.2, 0.25) is 5.88 Å². The number of rotatable bonds is 7. The van der Waals surface area contributed by atoms with E-state index in [1.165, 1.54) is 54.1 Å². The highest BCUT2D eigenvalue weighted by atomic mass is 19.4. The number of halogens is 3. The number of nitrogens with zero attached hydrogens (tertiary/aromatic N) is 6. The number of nitro benzene ring substituents is 1. The quantitative estimate of drug-likeness (QED) is 0.171. The van der Waals surface area contributed by atoms with Crippen LogP contribution in [0.3, 0.4) is 0 Å². The molecule has 0 aliphatic carbocycles. The van der Waals surface area contributed by atoms with Crippen molar-refractivity contribution in [2.75, 3.05) is 6.61 Å². The topological polar surface area (TPSA) is 144 Å². The lowest BCUT2D eigenvalue weighted by molar-refractivity contribution is -0.384. The van der Waals surface area contributed by atoms with Gasteiger partial charge in [-0.2, -0.15) is 18.2 Å². The summed E-state index contributed by atoms with van der Waals surface area (Å²) in [5.41, 5.74) is -0.843. The van der Waals surface area contributed by atoms with E-state index < -0.39 is 34.1 Å². The van der Waals surface area contributed by atoms with Crippen LogP contribution in [0, 0.1) is 17.0 Å². The van der Waals surface area contributed by atoms with Gasteiger partial charge < -0.3 is 9.47 Å². The number of aryl methyl sites for hydroxylation is 1. The monoisotopic (exact) mass is 596 g/mol. The molecule has 5 rings (SSSR count). The molecule has 43 heavy (non-hydrogen) atoms. The molecule has 15 heteroatoms. The first-order valence-electron chi connectivity index (χ1n) is 12.9. The molecule has 0 bridgehead atoms. The zero-order chi connectivity index (χ0) is 31.1. The maximum Gasteiger partial charge on any atom is 0.416 e. The molecule has 0 spiro atoms. The van der Waals surface area contributed by atoms with Gasteiger partial charge in [0.05, 0.1) is 52.6 Å². The van der Waals surface area contributed by atoms with Crippen molar-refractivity contribution in [1.29, 1.82) is 0 Å². The molecule has 1 unspecified atom stereocenters. The Balaban J connectivity index is 1.58. The first kappa shape index (κ1) is 29.2. The summed E-state index contributed by atoms with van der Waals surface area (Å²) in [6, 6.07) is 9.94. The molecule has 0 fully saturated rings. The average molecular weight is 597 g/mol. The summed E-state index contributed by atoms with van der Waals surface area (Å²) in [7, 11) is 0. The Morgan fingerprint density at radius 1 is 1.16 bits per heavy atom. The van der Waals surface area contributed by atoms with Crippen molar-refractivity contribution in [3.8, 4) is 11.6 Å². The van der Waals surface area contributed by atoms with Gasteiger partial charge in [0.1, 0.15) is 17.3 Å². The predicted molar refractivity (Wildman–Crippen MR) is 144 cm³/mol. The summed E-state index contributed by atoms with van der Waals surface area (Å²) in [6.07, 6.45) is -3.16. The van der Waals surface area contributed by atoms with Crippen LogP contribution in [0.4, 0.5) is 18.9 Å². The third kappa shape index (κ3) is 5.60. The molecule has 0 radical (unpaired) electrons. The van der Waals surface area contributed by atoms with Crippen molar-refractivity contribution in [2.45, 2.75) is 39.4 Å². The molecule has 2 aromatic carbocycles. The summed E-state index contributed by atoms with van der Waals surface area (Å²) >= 11 is 0. The van der Waals surface area contributed by atoms with Gasteiger partial charge in [0, 0.05) is 12.1 Å². The van der Waals surface area contributed by atoms with Gasteiger partial charge in [0.15, 0.2) is 0 Å². The number of carbonyl (C=O) groups excluding carboxylic acids is 1.